The molecular formula is C10H13F2NO2. The molecule has 3 N–H and O–H groups in total. The van der Waals surface area contributed by atoms with E-state index in [2.05, 4.69) is 4.74 Å². The van der Waals surface area contributed by atoms with Crippen LogP contribution in [0.1, 0.15) is 17.2 Å². The molecule has 0 saturated heterocycles. The molecule has 15 heavy (non-hydrogen) atoms. The van der Waals surface area contributed by atoms with Crippen LogP contribution < -0.4 is 10.5 Å². The number of halogens is 2. The van der Waals surface area contributed by atoms with E-state index in [1.54, 1.807) is 19.1 Å². The molecule has 0 spiro atoms. The molecular weight excluding hydrogens is 204 g/mol. The van der Waals surface area contributed by atoms with Crippen LogP contribution in [0.5, 0.6) is 5.75 Å². The van der Waals surface area contributed by atoms with Gasteiger partial charge in [-0.1, -0.05) is 12.1 Å². The fourth-order valence-corrected chi connectivity index (χ4v) is 1.18. The summed E-state index contributed by atoms with van der Waals surface area (Å²) in [5.74, 6) is 0.0893. The summed E-state index contributed by atoms with van der Waals surface area (Å²) in [5, 5.41) is 8.82. The lowest BCUT2D eigenvalue weighted by molar-refractivity contribution is -0.0503. The number of alkyl halides is 2. The van der Waals surface area contributed by atoms with E-state index in [0.29, 0.717) is 11.1 Å². The first-order valence-electron chi connectivity index (χ1n) is 4.46. The average Bonchev–Trinajstić information content (AvgIpc) is 2.19. The normalized spacial score (nSPS) is 12.9. The second-order valence-electron chi connectivity index (χ2n) is 3.19. The minimum absolute atomic E-state index is 0.0893. The number of rotatable bonds is 4. The second-order valence-corrected chi connectivity index (χ2v) is 3.19. The molecule has 0 saturated carbocycles. The monoisotopic (exact) mass is 217 g/mol. The Bertz CT molecular complexity index is 331. The van der Waals surface area contributed by atoms with Gasteiger partial charge in [0.1, 0.15) is 5.75 Å². The molecule has 1 aromatic carbocycles. The Hall–Kier alpha value is -1.20. The standard InChI is InChI=1S/C10H13F2NO2/c1-6-2-3-7(8(13)5-14)4-9(6)15-10(11)12/h2-4,8,10,14H,5,13H2,1H3/t8-/m1/s1. The van der Waals surface area contributed by atoms with E-state index in [4.69, 9.17) is 10.8 Å². The van der Waals surface area contributed by atoms with Crippen LogP contribution in [0.15, 0.2) is 18.2 Å². The van der Waals surface area contributed by atoms with Gasteiger partial charge in [0.05, 0.1) is 12.6 Å². The Kier molecular flexibility index (Phi) is 3.99. The van der Waals surface area contributed by atoms with Crippen LogP contribution in [-0.4, -0.2) is 18.3 Å². The molecule has 0 bridgehead atoms. The predicted molar refractivity (Wildman–Crippen MR) is 51.8 cm³/mol. The van der Waals surface area contributed by atoms with Crippen LogP contribution >= 0.6 is 0 Å². The third kappa shape index (κ3) is 3.14. The minimum atomic E-state index is -2.86. The van der Waals surface area contributed by atoms with Crippen molar-refractivity contribution in [1.82, 2.24) is 0 Å². The summed E-state index contributed by atoms with van der Waals surface area (Å²) in [6.45, 7) is -1.44. The molecule has 0 radical (unpaired) electrons. The second kappa shape index (κ2) is 5.04. The van der Waals surface area contributed by atoms with Gasteiger partial charge in [-0.3, -0.25) is 0 Å². The number of hydrogen-bond acceptors (Lipinski definition) is 3. The van der Waals surface area contributed by atoms with Crippen molar-refractivity contribution in [1.29, 1.82) is 0 Å². The summed E-state index contributed by atoms with van der Waals surface area (Å²) >= 11 is 0. The Morgan fingerprint density at radius 2 is 2.13 bits per heavy atom. The molecule has 3 nitrogen and oxygen atoms in total. The van der Waals surface area contributed by atoms with Crippen molar-refractivity contribution in [2.75, 3.05) is 6.61 Å². The number of ether oxygens (including phenoxy) is 1. The molecule has 0 aliphatic rings. The third-order valence-corrected chi connectivity index (χ3v) is 2.05. The largest absolute Gasteiger partial charge is 0.435 e. The van der Waals surface area contributed by atoms with E-state index in [1.165, 1.54) is 6.07 Å². The summed E-state index contributed by atoms with van der Waals surface area (Å²) in [6, 6.07) is 4.14. The topological polar surface area (TPSA) is 55.5 Å². The molecule has 5 heteroatoms. The van der Waals surface area contributed by atoms with Gasteiger partial charge >= 0.3 is 6.61 Å². The summed E-state index contributed by atoms with van der Waals surface area (Å²) in [7, 11) is 0. The van der Waals surface area contributed by atoms with Gasteiger partial charge in [0, 0.05) is 0 Å². The van der Waals surface area contributed by atoms with E-state index in [0.717, 1.165) is 0 Å². The van der Waals surface area contributed by atoms with Crippen LogP contribution in [0.2, 0.25) is 0 Å². The van der Waals surface area contributed by atoms with Gasteiger partial charge in [-0.25, -0.2) is 0 Å². The maximum absolute atomic E-state index is 12.0. The molecule has 1 atom stereocenters. The van der Waals surface area contributed by atoms with E-state index >= 15 is 0 Å². The fraction of sp³-hybridized carbons (Fsp3) is 0.400. The van der Waals surface area contributed by atoms with Crippen molar-refractivity contribution in [3.8, 4) is 5.75 Å². The van der Waals surface area contributed by atoms with Gasteiger partial charge in [0.15, 0.2) is 0 Å². The zero-order valence-electron chi connectivity index (χ0n) is 8.28. The Balaban J connectivity index is 2.94. The van der Waals surface area contributed by atoms with Gasteiger partial charge in [-0.15, -0.1) is 0 Å². The van der Waals surface area contributed by atoms with Gasteiger partial charge in [-0.05, 0) is 24.1 Å². The minimum Gasteiger partial charge on any atom is -0.435 e. The first-order valence-corrected chi connectivity index (χ1v) is 4.46. The highest BCUT2D eigenvalue weighted by atomic mass is 19.3. The number of benzene rings is 1. The SMILES string of the molecule is Cc1ccc([C@H](N)CO)cc1OC(F)F. The van der Waals surface area contributed by atoms with Crippen molar-refractivity contribution >= 4 is 0 Å². The van der Waals surface area contributed by atoms with E-state index in [-0.39, 0.29) is 12.4 Å². The van der Waals surface area contributed by atoms with Crippen molar-refractivity contribution in [2.45, 2.75) is 19.6 Å². The molecule has 0 aromatic heterocycles. The Morgan fingerprint density at radius 3 is 2.67 bits per heavy atom. The summed E-state index contributed by atoms with van der Waals surface area (Å²) in [6.07, 6.45) is 0. The van der Waals surface area contributed by atoms with Crippen LogP contribution in [0.3, 0.4) is 0 Å². The first-order chi connectivity index (χ1) is 7.04. The lowest BCUT2D eigenvalue weighted by atomic mass is 10.1. The third-order valence-electron chi connectivity index (χ3n) is 2.05. The van der Waals surface area contributed by atoms with Gasteiger partial charge < -0.3 is 15.6 Å². The van der Waals surface area contributed by atoms with Gasteiger partial charge in [0.25, 0.3) is 0 Å². The maximum atomic E-state index is 12.0. The molecule has 0 aliphatic heterocycles. The van der Waals surface area contributed by atoms with E-state index in [9.17, 15) is 8.78 Å². The smallest absolute Gasteiger partial charge is 0.387 e. The van der Waals surface area contributed by atoms with Crippen molar-refractivity contribution in [3.63, 3.8) is 0 Å². The van der Waals surface area contributed by atoms with Crippen molar-refractivity contribution < 1.29 is 18.6 Å². The molecule has 1 aromatic rings. The molecule has 0 unspecified atom stereocenters. The quantitative estimate of drug-likeness (QED) is 0.805. The summed E-state index contributed by atoms with van der Waals surface area (Å²) in [4.78, 5) is 0. The number of nitrogens with two attached hydrogens (primary N) is 1. The van der Waals surface area contributed by atoms with E-state index < -0.39 is 12.7 Å². The summed E-state index contributed by atoms with van der Waals surface area (Å²) in [5.41, 5.74) is 6.72. The molecule has 84 valence electrons. The Labute approximate surface area is 86.5 Å². The molecule has 0 fully saturated rings. The number of aryl methyl sites for hydroxylation is 1. The molecule has 1 rings (SSSR count). The average molecular weight is 217 g/mol. The lowest BCUT2D eigenvalue weighted by Crippen LogP contribution is -2.15. The summed E-state index contributed by atoms with van der Waals surface area (Å²) < 4.78 is 28.3. The maximum Gasteiger partial charge on any atom is 0.387 e. The highest BCUT2D eigenvalue weighted by molar-refractivity contribution is 5.37. The van der Waals surface area contributed by atoms with Crippen LogP contribution in [-0.2, 0) is 0 Å². The zero-order chi connectivity index (χ0) is 11.4. The number of aliphatic hydroxyl groups excluding tert-OH is 1. The van der Waals surface area contributed by atoms with Crippen LogP contribution in [0.25, 0.3) is 0 Å². The lowest BCUT2D eigenvalue weighted by Gasteiger charge is -2.13. The van der Waals surface area contributed by atoms with E-state index in [1.807, 2.05) is 0 Å². The highest BCUT2D eigenvalue weighted by Gasteiger charge is 2.11. The number of hydrogen-bond donors (Lipinski definition) is 2. The first kappa shape index (κ1) is 11.9. The van der Waals surface area contributed by atoms with Gasteiger partial charge in [-0.2, -0.15) is 8.78 Å². The highest BCUT2D eigenvalue weighted by Crippen LogP contribution is 2.23. The van der Waals surface area contributed by atoms with Crippen LogP contribution in [0, 0.1) is 6.92 Å². The van der Waals surface area contributed by atoms with Crippen molar-refractivity contribution in [3.05, 3.63) is 29.3 Å². The van der Waals surface area contributed by atoms with Crippen LogP contribution in [0.4, 0.5) is 8.78 Å². The predicted octanol–water partition coefficient (Wildman–Crippen LogP) is 1.59. The van der Waals surface area contributed by atoms with Gasteiger partial charge in [0.2, 0.25) is 0 Å². The van der Waals surface area contributed by atoms with Crippen molar-refractivity contribution in [2.24, 2.45) is 5.73 Å². The molecule has 0 aliphatic carbocycles. The number of aliphatic hydroxyl groups is 1. The molecule has 0 heterocycles. The molecule has 0 amide bonds. The fourth-order valence-electron chi connectivity index (χ4n) is 1.18. The Morgan fingerprint density at radius 1 is 1.47 bits per heavy atom. The zero-order valence-corrected chi connectivity index (χ0v) is 8.28.